The van der Waals surface area contributed by atoms with Crippen LogP contribution in [-0.2, 0) is 23.9 Å². The number of aliphatic carboxylic acids is 1. The van der Waals surface area contributed by atoms with Gasteiger partial charge in [0.2, 0.25) is 11.8 Å². The van der Waals surface area contributed by atoms with Crippen LogP contribution in [0, 0.1) is 17.8 Å². The number of ketones is 1. The Morgan fingerprint density at radius 1 is 0.745 bits per heavy atom. The highest BCUT2D eigenvalue weighted by atomic mass is 16.5. The van der Waals surface area contributed by atoms with Gasteiger partial charge >= 0.3 is 12.1 Å². The normalized spacial score (nSPS) is 16.1. The Kier molecular flexibility index (Phi) is 14.0. The number of carbonyl (C=O) groups excluding carboxylic acids is 4. The van der Waals surface area contributed by atoms with Crippen molar-refractivity contribution in [2.45, 2.75) is 91.3 Å². The molecule has 4 rings (SSSR count). The number of carboxylic acids is 1. The van der Waals surface area contributed by atoms with Gasteiger partial charge < -0.3 is 25.8 Å². The van der Waals surface area contributed by atoms with Crippen LogP contribution in [0.5, 0.6) is 0 Å². The van der Waals surface area contributed by atoms with E-state index in [-0.39, 0.29) is 54.7 Å². The van der Waals surface area contributed by atoms with Crippen molar-refractivity contribution in [2.24, 2.45) is 17.8 Å². The number of hydrogen-bond acceptors (Lipinski definition) is 7. The highest BCUT2D eigenvalue weighted by Crippen LogP contribution is 2.44. The summed E-state index contributed by atoms with van der Waals surface area (Å²) >= 11 is 0. The van der Waals surface area contributed by atoms with E-state index in [9.17, 15) is 29.1 Å². The van der Waals surface area contributed by atoms with Crippen LogP contribution in [0.25, 0.3) is 11.1 Å². The van der Waals surface area contributed by atoms with Crippen LogP contribution in [-0.4, -0.2) is 84.0 Å². The molecule has 51 heavy (non-hydrogen) atoms. The van der Waals surface area contributed by atoms with Gasteiger partial charge in [-0.3, -0.25) is 19.3 Å². The summed E-state index contributed by atoms with van der Waals surface area (Å²) in [4.78, 5) is 67.5. The Morgan fingerprint density at radius 2 is 1.24 bits per heavy atom. The Hall–Kier alpha value is -4.51. The van der Waals surface area contributed by atoms with E-state index in [1.165, 1.54) is 0 Å². The van der Waals surface area contributed by atoms with Crippen molar-refractivity contribution in [1.29, 1.82) is 0 Å². The average molecular weight is 703 g/mol. The second kappa shape index (κ2) is 18.1. The molecular formula is C40H54N4O7. The summed E-state index contributed by atoms with van der Waals surface area (Å²) in [5, 5.41) is 17.9. The number of nitrogens with zero attached hydrogens (tertiary/aromatic N) is 1. The summed E-state index contributed by atoms with van der Waals surface area (Å²) < 4.78 is 5.73. The predicted molar refractivity (Wildman–Crippen MR) is 196 cm³/mol. The molecule has 0 fully saturated rings. The summed E-state index contributed by atoms with van der Waals surface area (Å²) in [5.41, 5.74) is 4.64. The lowest BCUT2D eigenvalue weighted by Gasteiger charge is -2.29. The van der Waals surface area contributed by atoms with E-state index in [2.05, 4.69) is 28.1 Å². The molecule has 3 atom stereocenters. The fourth-order valence-corrected chi connectivity index (χ4v) is 6.90. The van der Waals surface area contributed by atoms with Gasteiger partial charge in [0.15, 0.2) is 5.78 Å². The number of fused-ring (bicyclic) bond motifs is 3. The van der Waals surface area contributed by atoms with Crippen LogP contribution in [0.15, 0.2) is 60.2 Å². The van der Waals surface area contributed by atoms with Gasteiger partial charge in [-0.15, -0.1) is 0 Å². The van der Waals surface area contributed by atoms with Gasteiger partial charge in [-0.25, -0.2) is 9.59 Å². The van der Waals surface area contributed by atoms with Gasteiger partial charge in [0, 0.05) is 24.6 Å². The molecule has 11 heteroatoms. The Balaban J connectivity index is 1.41. The van der Waals surface area contributed by atoms with Gasteiger partial charge in [0.05, 0.1) is 12.6 Å². The van der Waals surface area contributed by atoms with Gasteiger partial charge in [-0.05, 0) is 65.7 Å². The van der Waals surface area contributed by atoms with Crippen LogP contribution in [0.1, 0.15) is 84.3 Å². The van der Waals surface area contributed by atoms with E-state index in [0.29, 0.717) is 32.2 Å². The molecule has 0 saturated carbocycles. The van der Waals surface area contributed by atoms with Crippen molar-refractivity contribution < 1.29 is 33.8 Å². The predicted octanol–water partition coefficient (Wildman–Crippen LogP) is 5.29. The van der Waals surface area contributed by atoms with Crippen molar-refractivity contribution in [3.63, 3.8) is 0 Å². The zero-order chi connectivity index (χ0) is 37.2. The number of benzene rings is 2. The van der Waals surface area contributed by atoms with E-state index in [0.717, 1.165) is 22.3 Å². The first-order valence-corrected chi connectivity index (χ1v) is 18.1. The van der Waals surface area contributed by atoms with Crippen LogP contribution in [0.2, 0.25) is 0 Å². The number of carbonyl (C=O) groups is 5. The molecule has 3 amide bonds. The molecule has 11 nitrogen and oxygen atoms in total. The van der Waals surface area contributed by atoms with Crippen molar-refractivity contribution in [3.8, 4) is 11.1 Å². The number of nitrogens with one attached hydrogen (secondary N) is 3. The second-order valence-electron chi connectivity index (χ2n) is 15.0. The minimum atomic E-state index is -1.00. The minimum absolute atomic E-state index is 0.00398. The zero-order valence-electron chi connectivity index (χ0n) is 30.7. The van der Waals surface area contributed by atoms with Crippen molar-refractivity contribution >= 4 is 29.7 Å². The van der Waals surface area contributed by atoms with Crippen molar-refractivity contribution in [3.05, 3.63) is 71.3 Å². The summed E-state index contributed by atoms with van der Waals surface area (Å²) in [6, 6.07) is 13.4. The van der Waals surface area contributed by atoms with E-state index >= 15 is 0 Å². The lowest BCUT2D eigenvalue weighted by atomic mass is 9.97. The number of amides is 3. The van der Waals surface area contributed by atoms with Gasteiger partial charge in [0.25, 0.3) is 0 Å². The molecule has 1 aliphatic carbocycles. The first kappa shape index (κ1) is 39.3. The third-order valence-electron chi connectivity index (χ3n) is 9.30. The monoisotopic (exact) mass is 702 g/mol. The quantitative estimate of drug-likeness (QED) is 0.174. The van der Waals surface area contributed by atoms with Crippen LogP contribution >= 0.6 is 0 Å². The third kappa shape index (κ3) is 11.0. The molecular weight excluding hydrogens is 648 g/mol. The fraction of sp³-hybridized carbons (Fsp3) is 0.525. The number of carboxylic acid groups (broad SMARTS) is 1. The van der Waals surface area contributed by atoms with Gasteiger partial charge in [-0.1, -0.05) is 96.1 Å². The minimum Gasteiger partial charge on any atom is -0.478 e. The molecule has 0 bridgehead atoms. The number of hydrogen-bond donors (Lipinski definition) is 4. The molecule has 0 radical (unpaired) electrons. The van der Waals surface area contributed by atoms with Crippen LogP contribution < -0.4 is 16.0 Å². The molecule has 0 aromatic heterocycles. The SMILES string of the molecule is CC(C)C[C@H](NC(=O)[C@H](CC(C)C)NC(=O)[C@H](CC(C)C)NC(=O)OCC1c2ccccc2-c2ccccc21)C(=O)CN1CCC=C(C(=O)O)C1. The zero-order valence-corrected chi connectivity index (χ0v) is 30.7. The lowest BCUT2D eigenvalue weighted by Crippen LogP contribution is -2.57. The van der Waals surface area contributed by atoms with E-state index in [1.54, 1.807) is 11.0 Å². The molecule has 2 aliphatic rings. The van der Waals surface area contributed by atoms with E-state index in [1.807, 2.05) is 77.9 Å². The lowest BCUT2D eigenvalue weighted by molar-refractivity contribution is -0.134. The van der Waals surface area contributed by atoms with E-state index in [4.69, 9.17) is 4.74 Å². The number of alkyl carbamates (subject to hydrolysis) is 1. The number of Topliss-reactive ketones (excluding diaryl/α,β-unsaturated/α-hetero) is 1. The average Bonchev–Trinajstić information content (AvgIpc) is 3.39. The third-order valence-corrected chi connectivity index (χ3v) is 9.30. The molecule has 1 heterocycles. The topological polar surface area (TPSA) is 154 Å². The highest BCUT2D eigenvalue weighted by molar-refractivity contribution is 5.95. The van der Waals surface area contributed by atoms with Gasteiger partial charge in [0.1, 0.15) is 18.7 Å². The molecule has 4 N–H and O–H groups in total. The first-order chi connectivity index (χ1) is 24.2. The number of rotatable bonds is 17. The highest BCUT2D eigenvalue weighted by Gasteiger charge is 2.33. The second-order valence-corrected chi connectivity index (χ2v) is 15.0. The maximum atomic E-state index is 13.8. The Morgan fingerprint density at radius 3 is 1.76 bits per heavy atom. The van der Waals surface area contributed by atoms with E-state index < -0.39 is 42.0 Å². The molecule has 2 aromatic carbocycles. The summed E-state index contributed by atoms with van der Waals surface area (Å²) in [6.07, 6.45) is 2.51. The molecule has 1 aliphatic heterocycles. The summed E-state index contributed by atoms with van der Waals surface area (Å²) in [5.74, 6) is -2.17. The van der Waals surface area contributed by atoms with Crippen LogP contribution in [0.4, 0.5) is 4.79 Å². The summed E-state index contributed by atoms with van der Waals surface area (Å²) in [7, 11) is 0. The van der Waals surface area contributed by atoms with Crippen molar-refractivity contribution in [2.75, 3.05) is 26.2 Å². The fourth-order valence-electron chi connectivity index (χ4n) is 6.90. The van der Waals surface area contributed by atoms with Crippen LogP contribution in [0.3, 0.4) is 0 Å². The first-order valence-electron chi connectivity index (χ1n) is 18.1. The Bertz CT molecular complexity index is 1560. The largest absolute Gasteiger partial charge is 0.478 e. The maximum Gasteiger partial charge on any atom is 0.407 e. The Labute approximate surface area is 301 Å². The standard InChI is InChI=1S/C40H54N4O7/c1-24(2)18-33(36(45)22-44-17-11-12-27(21-44)39(48)49)41-37(46)34(19-25(3)4)42-38(47)35(20-26(5)6)43-40(50)51-23-32-30-15-9-7-13-28(30)29-14-8-10-16-31(29)32/h7-10,12-16,24-26,32-35H,11,17-23H2,1-6H3,(H,41,46)(H,42,47)(H,43,50)(H,48,49)/t33-,34-,35-/m0/s1. The molecule has 0 unspecified atom stereocenters. The molecule has 276 valence electrons. The maximum absolute atomic E-state index is 13.8. The number of ether oxygens (including phenoxy) is 1. The molecule has 0 spiro atoms. The molecule has 0 saturated heterocycles. The molecule has 2 aromatic rings. The smallest absolute Gasteiger partial charge is 0.407 e. The van der Waals surface area contributed by atoms with Crippen molar-refractivity contribution in [1.82, 2.24) is 20.9 Å². The summed E-state index contributed by atoms with van der Waals surface area (Å²) in [6.45, 7) is 12.5. The van der Waals surface area contributed by atoms with Gasteiger partial charge in [-0.2, -0.15) is 0 Å².